The zero-order chi connectivity index (χ0) is 17.8. The summed E-state index contributed by atoms with van der Waals surface area (Å²) in [6.07, 6.45) is 3.32. The van der Waals surface area contributed by atoms with Gasteiger partial charge in [-0.1, -0.05) is 29.5 Å². The van der Waals surface area contributed by atoms with Crippen molar-refractivity contribution >= 4 is 23.4 Å². The van der Waals surface area contributed by atoms with Crippen molar-refractivity contribution in [1.29, 1.82) is 0 Å². The molecule has 0 spiro atoms. The van der Waals surface area contributed by atoms with E-state index in [1.165, 1.54) is 17.3 Å². The number of benzene rings is 1. The number of amides is 1. The minimum atomic E-state index is -0.105. The Bertz CT molecular complexity index is 874. The van der Waals surface area contributed by atoms with Gasteiger partial charge in [-0.15, -0.1) is 0 Å². The van der Waals surface area contributed by atoms with Crippen molar-refractivity contribution in [2.45, 2.75) is 25.9 Å². The lowest BCUT2D eigenvalue weighted by Gasteiger charge is -2.07. The van der Waals surface area contributed by atoms with Crippen LogP contribution in [0.5, 0.6) is 0 Å². The lowest BCUT2D eigenvalue weighted by Crippen LogP contribution is -2.15. The SMILES string of the molecule is Cc1ccc(-n2nc(C)c(NC(=O)CSc3ncccn3)c2C)cc1. The Morgan fingerprint density at radius 2 is 1.80 bits per heavy atom. The van der Waals surface area contributed by atoms with Crippen LogP contribution in [0.3, 0.4) is 0 Å². The Morgan fingerprint density at radius 1 is 1.12 bits per heavy atom. The van der Waals surface area contributed by atoms with Crippen LogP contribution in [0, 0.1) is 20.8 Å². The summed E-state index contributed by atoms with van der Waals surface area (Å²) in [4.78, 5) is 20.5. The molecule has 128 valence electrons. The van der Waals surface area contributed by atoms with E-state index in [9.17, 15) is 4.79 Å². The summed E-state index contributed by atoms with van der Waals surface area (Å²) in [6, 6.07) is 9.86. The third-order valence-corrected chi connectivity index (χ3v) is 4.58. The van der Waals surface area contributed by atoms with Crippen LogP contribution in [0.4, 0.5) is 5.69 Å². The molecular formula is C18H19N5OS. The maximum absolute atomic E-state index is 12.3. The molecule has 7 heteroatoms. The first-order valence-electron chi connectivity index (χ1n) is 7.87. The topological polar surface area (TPSA) is 72.7 Å². The quantitative estimate of drug-likeness (QED) is 0.563. The third-order valence-electron chi connectivity index (χ3n) is 3.71. The first-order chi connectivity index (χ1) is 12.0. The molecule has 0 aliphatic heterocycles. The number of nitrogens with zero attached hydrogens (tertiary/aromatic N) is 4. The Hall–Kier alpha value is -2.67. The summed E-state index contributed by atoms with van der Waals surface area (Å²) in [5.41, 5.74) is 4.60. The highest BCUT2D eigenvalue weighted by Gasteiger charge is 2.15. The van der Waals surface area contributed by atoms with E-state index in [0.29, 0.717) is 5.16 Å². The molecule has 0 radical (unpaired) electrons. The smallest absolute Gasteiger partial charge is 0.234 e. The van der Waals surface area contributed by atoms with Crippen LogP contribution in [0.1, 0.15) is 17.0 Å². The largest absolute Gasteiger partial charge is 0.322 e. The van der Waals surface area contributed by atoms with Crippen LogP contribution < -0.4 is 5.32 Å². The highest BCUT2D eigenvalue weighted by molar-refractivity contribution is 7.99. The van der Waals surface area contributed by atoms with E-state index in [4.69, 9.17) is 0 Å². The standard InChI is InChI=1S/C18H19N5OS/c1-12-5-7-15(8-6-12)23-14(3)17(13(2)22-23)21-16(24)11-25-18-19-9-4-10-20-18/h4-10H,11H2,1-3H3,(H,21,24). The van der Waals surface area contributed by atoms with Crippen LogP contribution in [0.15, 0.2) is 47.9 Å². The normalized spacial score (nSPS) is 10.7. The van der Waals surface area contributed by atoms with Gasteiger partial charge in [0.2, 0.25) is 5.91 Å². The van der Waals surface area contributed by atoms with Crippen molar-refractivity contribution in [3.8, 4) is 5.69 Å². The molecule has 6 nitrogen and oxygen atoms in total. The molecule has 2 heterocycles. The number of aryl methyl sites for hydroxylation is 2. The van der Waals surface area contributed by atoms with Crippen molar-refractivity contribution in [1.82, 2.24) is 19.7 Å². The molecule has 0 aliphatic rings. The van der Waals surface area contributed by atoms with Gasteiger partial charge in [-0.05, 0) is 39.0 Å². The summed E-state index contributed by atoms with van der Waals surface area (Å²) < 4.78 is 1.85. The molecule has 0 unspecified atom stereocenters. The fourth-order valence-corrected chi connectivity index (χ4v) is 3.03. The van der Waals surface area contributed by atoms with Gasteiger partial charge in [0.05, 0.1) is 28.5 Å². The van der Waals surface area contributed by atoms with E-state index in [1.807, 2.05) is 49.7 Å². The lowest BCUT2D eigenvalue weighted by molar-refractivity contribution is -0.113. The number of thioether (sulfide) groups is 1. The molecule has 2 aromatic heterocycles. The van der Waals surface area contributed by atoms with E-state index in [0.717, 1.165) is 22.8 Å². The van der Waals surface area contributed by atoms with Gasteiger partial charge < -0.3 is 5.32 Å². The number of nitrogens with one attached hydrogen (secondary N) is 1. The number of rotatable bonds is 5. The molecule has 1 N–H and O–H groups in total. The predicted molar refractivity (Wildman–Crippen MR) is 99.2 cm³/mol. The molecule has 0 fully saturated rings. The number of hydrogen-bond acceptors (Lipinski definition) is 5. The number of carbonyl (C=O) groups is 1. The summed E-state index contributed by atoms with van der Waals surface area (Å²) in [7, 11) is 0. The molecule has 0 aliphatic carbocycles. The van der Waals surface area contributed by atoms with Gasteiger partial charge in [0.15, 0.2) is 5.16 Å². The van der Waals surface area contributed by atoms with Gasteiger partial charge in [-0.2, -0.15) is 5.10 Å². The van der Waals surface area contributed by atoms with E-state index in [1.54, 1.807) is 18.5 Å². The molecule has 0 bridgehead atoms. The van der Waals surface area contributed by atoms with E-state index < -0.39 is 0 Å². The van der Waals surface area contributed by atoms with Crippen molar-refractivity contribution in [2.75, 3.05) is 11.1 Å². The maximum atomic E-state index is 12.3. The second-order valence-electron chi connectivity index (χ2n) is 5.66. The summed E-state index contributed by atoms with van der Waals surface area (Å²) in [5.74, 6) is 0.144. The summed E-state index contributed by atoms with van der Waals surface area (Å²) in [6.45, 7) is 5.88. The van der Waals surface area contributed by atoms with Crippen LogP contribution in [0.25, 0.3) is 5.69 Å². The van der Waals surface area contributed by atoms with Crippen LogP contribution in [0.2, 0.25) is 0 Å². The minimum absolute atomic E-state index is 0.105. The van der Waals surface area contributed by atoms with Gasteiger partial charge in [0, 0.05) is 12.4 Å². The average Bonchev–Trinajstić information content (AvgIpc) is 2.90. The van der Waals surface area contributed by atoms with Crippen molar-refractivity contribution in [3.05, 3.63) is 59.7 Å². The molecule has 1 aromatic carbocycles. The highest BCUT2D eigenvalue weighted by Crippen LogP contribution is 2.23. The second-order valence-corrected chi connectivity index (χ2v) is 6.60. The summed E-state index contributed by atoms with van der Waals surface area (Å²) in [5, 5.41) is 8.09. The Balaban J connectivity index is 1.72. The first kappa shape index (κ1) is 17.2. The molecule has 3 aromatic rings. The van der Waals surface area contributed by atoms with Crippen molar-refractivity contribution in [3.63, 3.8) is 0 Å². The third kappa shape index (κ3) is 4.06. The molecule has 0 atom stereocenters. The van der Waals surface area contributed by atoms with Gasteiger partial charge in [0.25, 0.3) is 0 Å². The van der Waals surface area contributed by atoms with E-state index in [2.05, 4.69) is 20.4 Å². The fraction of sp³-hybridized carbons (Fsp3) is 0.222. The molecule has 1 amide bonds. The molecular weight excluding hydrogens is 334 g/mol. The highest BCUT2D eigenvalue weighted by atomic mass is 32.2. The van der Waals surface area contributed by atoms with E-state index >= 15 is 0 Å². The number of aromatic nitrogens is 4. The van der Waals surface area contributed by atoms with Crippen LogP contribution in [-0.2, 0) is 4.79 Å². The monoisotopic (exact) mass is 353 g/mol. The zero-order valence-electron chi connectivity index (χ0n) is 14.4. The van der Waals surface area contributed by atoms with Crippen molar-refractivity contribution in [2.24, 2.45) is 0 Å². The van der Waals surface area contributed by atoms with Crippen LogP contribution in [-0.4, -0.2) is 31.4 Å². The minimum Gasteiger partial charge on any atom is -0.322 e. The number of carbonyl (C=O) groups excluding carboxylic acids is 1. The lowest BCUT2D eigenvalue weighted by atomic mass is 10.2. The molecule has 0 saturated carbocycles. The molecule has 0 saturated heterocycles. The summed E-state index contributed by atoms with van der Waals surface area (Å²) >= 11 is 1.30. The maximum Gasteiger partial charge on any atom is 0.234 e. The van der Waals surface area contributed by atoms with E-state index in [-0.39, 0.29) is 11.7 Å². The molecule has 3 rings (SSSR count). The zero-order valence-corrected chi connectivity index (χ0v) is 15.2. The van der Waals surface area contributed by atoms with Gasteiger partial charge in [0.1, 0.15) is 0 Å². The van der Waals surface area contributed by atoms with Gasteiger partial charge >= 0.3 is 0 Å². The van der Waals surface area contributed by atoms with Gasteiger partial charge in [-0.3, -0.25) is 4.79 Å². The van der Waals surface area contributed by atoms with Gasteiger partial charge in [-0.25, -0.2) is 14.6 Å². The number of anilines is 1. The van der Waals surface area contributed by atoms with Crippen molar-refractivity contribution < 1.29 is 4.79 Å². The Morgan fingerprint density at radius 3 is 2.48 bits per heavy atom. The second kappa shape index (κ2) is 7.48. The average molecular weight is 353 g/mol. The predicted octanol–water partition coefficient (Wildman–Crippen LogP) is 3.32. The fourth-order valence-electron chi connectivity index (χ4n) is 2.43. The Labute approximate surface area is 150 Å². The first-order valence-corrected chi connectivity index (χ1v) is 8.86. The molecule has 25 heavy (non-hydrogen) atoms. The Kier molecular flexibility index (Phi) is 5.14. The van der Waals surface area contributed by atoms with Crippen LogP contribution >= 0.6 is 11.8 Å². The number of hydrogen-bond donors (Lipinski definition) is 1.